The van der Waals surface area contributed by atoms with Gasteiger partial charge in [-0.15, -0.1) is 0 Å². The SMILES string of the molecule is CC(C)(C)C1=C(O)C(=O)C(C(C)(C)C)C(C(C)(C)C)N1. The molecule has 3 nitrogen and oxygen atoms in total. The van der Waals surface area contributed by atoms with E-state index in [1.54, 1.807) is 0 Å². The van der Waals surface area contributed by atoms with Gasteiger partial charge in [0.2, 0.25) is 5.78 Å². The highest BCUT2D eigenvalue weighted by Crippen LogP contribution is 2.43. The Morgan fingerprint density at radius 2 is 1.35 bits per heavy atom. The van der Waals surface area contributed by atoms with Gasteiger partial charge < -0.3 is 10.4 Å². The number of rotatable bonds is 0. The van der Waals surface area contributed by atoms with Crippen molar-refractivity contribution in [2.75, 3.05) is 0 Å². The van der Waals surface area contributed by atoms with Crippen LogP contribution in [0.4, 0.5) is 0 Å². The predicted octanol–water partition coefficient (Wildman–Crippen LogP) is 4.05. The second-order valence-electron chi connectivity index (χ2n) is 9.17. The van der Waals surface area contributed by atoms with E-state index in [4.69, 9.17) is 0 Å². The molecule has 0 amide bonds. The maximum Gasteiger partial charge on any atom is 0.204 e. The van der Waals surface area contributed by atoms with Crippen LogP contribution in [0, 0.1) is 22.2 Å². The van der Waals surface area contributed by atoms with Crippen molar-refractivity contribution in [1.29, 1.82) is 0 Å². The molecule has 0 radical (unpaired) electrons. The fourth-order valence-electron chi connectivity index (χ4n) is 2.91. The van der Waals surface area contributed by atoms with Crippen LogP contribution in [0.1, 0.15) is 62.3 Å². The summed E-state index contributed by atoms with van der Waals surface area (Å²) in [6, 6.07) is 0.0140. The molecule has 0 aliphatic carbocycles. The Labute approximate surface area is 123 Å². The number of ketones is 1. The summed E-state index contributed by atoms with van der Waals surface area (Å²) in [5.74, 6) is -0.437. The first-order valence-electron chi connectivity index (χ1n) is 7.42. The van der Waals surface area contributed by atoms with Crippen LogP contribution in [-0.2, 0) is 4.79 Å². The zero-order chi connectivity index (χ0) is 16.1. The first-order chi connectivity index (χ1) is 8.67. The van der Waals surface area contributed by atoms with Gasteiger partial charge in [-0.2, -0.15) is 0 Å². The highest BCUT2D eigenvalue weighted by atomic mass is 16.3. The van der Waals surface area contributed by atoms with Gasteiger partial charge in [-0.05, 0) is 10.8 Å². The maximum atomic E-state index is 12.7. The van der Waals surface area contributed by atoms with E-state index in [2.05, 4.69) is 46.9 Å². The number of aliphatic hydroxyl groups excluding tert-OH is 1. The second-order valence-corrected chi connectivity index (χ2v) is 9.17. The molecule has 1 heterocycles. The van der Waals surface area contributed by atoms with Crippen LogP contribution in [0.15, 0.2) is 11.5 Å². The van der Waals surface area contributed by atoms with Crippen LogP contribution in [0.5, 0.6) is 0 Å². The number of allylic oxidation sites excluding steroid dienone is 2. The predicted molar refractivity (Wildman–Crippen MR) is 83.4 cm³/mol. The molecule has 1 aliphatic rings. The summed E-state index contributed by atoms with van der Waals surface area (Å²) < 4.78 is 0. The number of hydrogen-bond donors (Lipinski definition) is 2. The van der Waals surface area contributed by atoms with Crippen molar-refractivity contribution < 1.29 is 9.90 Å². The van der Waals surface area contributed by atoms with Gasteiger partial charge in [0.25, 0.3) is 0 Å². The lowest BCUT2D eigenvalue weighted by Crippen LogP contribution is -2.57. The van der Waals surface area contributed by atoms with E-state index < -0.39 is 0 Å². The number of hydrogen-bond acceptors (Lipinski definition) is 3. The average Bonchev–Trinajstić information content (AvgIpc) is 2.15. The third-order valence-corrected chi connectivity index (χ3v) is 4.00. The molecule has 0 aromatic heterocycles. The summed E-state index contributed by atoms with van der Waals surface area (Å²) in [4.78, 5) is 12.7. The lowest BCUT2D eigenvalue weighted by Gasteiger charge is -2.48. The number of carbonyl (C=O) groups excluding carboxylic acids is 1. The Kier molecular flexibility index (Phi) is 4.08. The van der Waals surface area contributed by atoms with Crippen LogP contribution in [0.2, 0.25) is 0 Å². The monoisotopic (exact) mass is 281 g/mol. The van der Waals surface area contributed by atoms with Gasteiger partial charge in [-0.3, -0.25) is 4.79 Å². The fourth-order valence-corrected chi connectivity index (χ4v) is 2.91. The summed E-state index contributed by atoms with van der Waals surface area (Å²) in [7, 11) is 0. The molecule has 3 heteroatoms. The van der Waals surface area contributed by atoms with Crippen LogP contribution >= 0.6 is 0 Å². The molecule has 1 rings (SSSR count). The van der Waals surface area contributed by atoms with Crippen LogP contribution < -0.4 is 5.32 Å². The Balaban J connectivity index is 3.43. The Morgan fingerprint density at radius 1 is 0.900 bits per heavy atom. The second kappa shape index (κ2) is 4.78. The summed E-state index contributed by atoms with van der Waals surface area (Å²) in [6.45, 7) is 18.6. The van der Waals surface area contributed by atoms with Gasteiger partial charge in [-0.1, -0.05) is 62.3 Å². The molecule has 0 aromatic carbocycles. The van der Waals surface area contributed by atoms with Crippen molar-refractivity contribution in [1.82, 2.24) is 5.32 Å². The molecule has 0 spiro atoms. The van der Waals surface area contributed by atoms with Crippen molar-refractivity contribution in [3.8, 4) is 0 Å². The van der Waals surface area contributed by atoms with E-state index >= 15 is 0 Å². The van der Waals surface area contributed by atoms with E-state index in [0.29, 0.717) is 5.70 Å². The van der Waals surface area contributed by atoms with Crippen molar-refractivity contribution in [3.05, 3.63) is 11.5 Å². The molecular formula is C17H31NO2. The summed E-state index contributed by atoms with van der Waals surface area (Å²) in [5.41, 5.74) is 0.138. The zero-order valence-corrected chi connectivity index (χ0v) is 14.5. The lowest BCUT2D eigenvalue weighted by atomic mass is 9.64. The van der Waals surface area contributed by atoms with Gasteiger partial charge in [0.05, 0.1) is 11.6 Å². The minimum Gasteiger partial charge on any atom is -0.503 e. The normalized spacial score (nSPS) is 25.8. The Bertz CT molecular complexity index is 427. The third kappa shape index (κ3) is 3.18. The maximum absolute atomic E-state index is 12.7. The number of aliphatic hydroxyl groups is 1. The molecule has 0 saturated carbocycles. The third-order valence-electron chi connectivity index (χ3n) is 4.00. The van der Waals surface area contributed by atoms with Gasteiger partial charge in [0.1, 0.15) is 0 Å². The number of carbonyl (C=O) groups is 1. The topological polar surface area (TPSA) is 49.3 Å². The Hall–Kier alpha value is -0.990. The molecule has 20 heavy (non-hydrogen) atoms. The van der Waals surface area contributed by atoms with E-state index in [1.807, 2.05) is 20.8 Å². The van der Waals surface area contributed by atoms with Crippen molar-refractivity contribution in [2.45, 2.75) is 68.4 Å². The van der Waals surface area contributed by atoms with E-state index in [0.717, 1.165) is 0 Å². The number of Topliss-reactive ketones (excluding diaryl/α,β-unsaturated/α-hetero) is 1. The molecule has 0 saturated heterocycles. The minimum atomic E-state index is -0.272. The van der Waals surface area contributed by atoms with Crippen molar-refractivity contribution >= 4 is 5.78 Å². The molecule has 2 atom stereocenters. The molecule has 2 unspecified atom stereocenters. The van der Waals surface area contributed by atoms with Crippen LogP contribution in [0.3, 0.4) is 0 Å². The summed E-state index contributed by atoms with van der Waals surface area (Å²) in [6.07, 6.45) is 0. The van der Waals surface area contributed by atoms with Crippen molar-refractivity contribution in [2.24, 2.45) is 22.2 Å². The lowest BCUT2D eigenvalue weighted by molar-refractivity contribution is -0.129. The van der Waals surface area contributed by atoms with Gasteiger partial charge in [0.15, 0.2) is 5.76 Å². The van der Waals surface area contributed by atoms with Crippen LogP contribution in [0.25, 0.3) is 0 Å². The first kappa shape index (κ1) is 17.1. The highest BCUT2D eigenvalue weighted by molar-refractivity contribution is 5.97. The largest absolute Gasteiger partial charge is 0.503 e. The van der Waals surface area contributed by atoms with Gasteiger partial charge in [-0.25, -0.2) is 0 Å². The van der Waals surface area contributed by atoms with Gasteiger partial charge >= 0.3 is 0 Å². The molecule has 116 valence electrons. The highest BCUT2D eigenvalue weighted by Gasteiger charge is 2.49. The standard InChI is InChI=1S/C17H31NO2/c1-15(2,3)10-11(19)12(20)14(17(7,8)9)18-13(10)16(4,5)6/h10,13,18,20H,1-9H3. The quantitative estimate of drug-likeness (QED) is 0.704. The molecule has 0 aromatic rings. The molecule has 1 aliphatic heterocycles. The fraction of sp³-hybridized carbons (Fsp3) is 0.824. The van der Waals surface area contributed by atoms with Crippen LogP contribution in [-0.4, -0.2) is 16.9 Å². The van der Waals surface area contributed by atoms with Gasteiger partial charge in [0, 0.05) is 11.5 Å². The molecule has 0 fully saturated rings. The molecule has 2 N–H and O–H groups in total. The Morgan fingerprint density at radius 3 is 1.65 bits per heavy atom. The first-order valence-corrected chi connectivity index (χ1v) is 7.42. The van der Waals surface area contributed by atoms with Crippen molar-refractivity contribution in [3.63, 3.8) is 0 Å². The minimum absolute atomic E-state index is 0.0140. The average molecular weight is 281 g/mol. The summed E-state index contributed by atoms with van der Waals surface area (Å²) >= 11 is 0. The number of nitrogens with one attached hydrogen (secondary N) is 1. The van der Waals surface area contributed by atoms with E-state index in [9.17, 15) is 9.90 Å². The zero-order valence-electron chi connectivity index (χ0n) is 14.5. The van der Waals surface area contributed by atoms with E-state index in [-0.39, 0.29) is 39.7 Å². The van der Waals surface area contributed by atoms with E-state index in [1.165, 1.54) is 0 Å². The molecule has 0 bridgehead atoms. The smallest absolute Gasteiger partial charge is 0.204 e. The molecular weight excluding hydrogens is 250 g/mol. The summed E-state index contributed by atoms with van der Waals surface area (Å²) in [5, 5.41) is 13.8.